The molecule has 2 heteroatoms. The number of hydrogen-bond donors (Lipinski definition) is 0. The molecule has 0 spiro atoms. The molecule has 0 unspecified atom stereocenters. The van der Waals surface area contributed by atoms with Crippen molar-refractivity contribution in [3.05, 3.63) is 48.6 Å². The Balaban J connectivity index is 2.83. The molecule has 0 aliphatic rings. The van der Waals surface area contributed by atoms with Gasteiger partial charge in [0.25, 0.3) is 0 Å². The van der Waals surface area contributed by atoms with Gasteiger partial charge in [-0.15, -0.1) is 6.58 Å². The van der Waals surface area contributed by atoms with Crippen LogP contribution in [0.2, 0.25) is 0 Å². The first-order valence-corrected chi connectivity index (χ1v) is 5.54. The first-order valence-electron chi connectivity index (χ1n) is 5.54. The normalized spacial score (nSPS) is 13.9. The highest BCUT2D eigenvalue weighted by molar-refractivity contribution is 5.73. The Bertz CT molecular complexity index is 343. The van der Waals surface area contributed by atoms with Gasteiger partial charge in [-0.3, -0.25) is 4.79 Å². The molecule has 1 aromatic carbocycles. The Morgan fingerprint density at radius 1 is 1.44 bits per heavy atom. The third-order valence-corrected chi connectivity index (χ3v) is 2.64. The van der Waals surface area contributed by atoms with E-state index >= 15 is 0 Å². The summed E-state index contributed by atoms with van der Waals surface area (Å²) >= 11 is 0. The predicted octanol–water partition coefficient (Wildman–Crippen LogP) is 3.16. The summed E-state index contributed by atoms with van der Waals surface area (Å²) in [6, 6.07) is 9.89. The predicted molar refractivity (Wildman–Crippen MR) is 65.2 cm³/mol. The summed E-state index contributed by atoms with van der Waals surface area (Å²) in [5, 5.41) is 0. The Labute approximate surface area is 96.9 Å². The first-order chi connectivity index (χ1) is 7.70. The minimum Gasteiger partial charge on any atom is -0.466 e. The lowest BCUT2D eigenvalue weighted by atomic mass is 9.87. The van der Waals surface area contributed by atoms with Crippen molar-refractivity contribution in [2.75, 3.05) is 6.61 Å². The number of carbonyl (C=O) groups is 1. The minimum atomic E-state index is -0.195. The van der Waals surface area contributed by atoms with Crippen LogP contribution in [0.1, 0.15) is 25.3 Å². The third kappa shape index (κ3) is 2.96. The molecule has 0 fully saturated rings. The maximum Gasteiger partial charge on any atom is 0.309 e. The van der Waals surface area contributed by atoms with E-state index < -0.39 is 0 Å². The Morgan fingerprint density at radius 3 is 2.56 bits per heavy atom. The van der Waals surface area contributed by atoms with E-state index in [0.29, 0.717) is 6.61 Å². The second-order valence-electron chi connectivity index (χ2n) is 3.71. The lowest BCUT2D eigenvalue weighted by Gasteiger charge is -2.19. The van der Waals surface area contributed by atoms with E-state index in [4.69, 9.17) is 4.74 Å². The second-order valence-corrected chi connectivity index (χ2v) is 3.71. The highest BCUT2D eigenvalue weighted by atomic mass is 16.5. The molecular formula is C14H18O2. The van der Waals surface area contributed by atoms with E-state index in [2.05, 4.69) is 6.58 Å². The van der Waals surface area contributed by atoms with Gasteiger partial charge in [-0.25, -0.2) is 0 Å². The number of ether oxygens (including phenoxy) is 1. The zero-order chi connectivity index (χ0) is 12.0. The van der Waals surface area contributed by atoms with Gasteiger partial charge in [0.1, 0.15) is 0 Å². The quantitative estimate of drug-likeness (QED) is 0.560. The Hall–Kier alpha value is -1.57. The van der Waals surface area contributed by atoms with Gasteiger partial charge in [0.15, 0.2) is 0 Å². The maximum atomic E-state index is 11.6. The van der Waals surface area contributed by atoms with Gasteiger partial charge in [0.2, 0.25) is 0 Å². The number of allylic oxidation sites excluding steroid dienone is 1. The van der Waals surface area contributed by atoms with Crippen molar-refractivity contribution in [2.24, 2.45) is 5.92 Å². The Kier molecular flexibility index (Phi) is 4.77. The van der Waals surface area contributed by atoms with Crippen LogP contribution in [0.25, 0.3) is 0 Å². The van der Waals surface area contributed by atoms with Gasteiger partial charge < -0.3 is 4.74 Å². The third-order valence-electron chi connectivity index (χ3n) is 2.64. The Morgan fingerprint density at radius 2 is 2.06 bits per heavy atom. The zero-order valence-corrected chi connectivity index (χ0v) is 9.85. The molecule has 0 amide bonds. The van der Waals surface area contributed by atoms with Crippen LogP contribution in [0, 0.1) is 5.92 Å². The van der Waals surface area contributed by atoms with Crippen molar-refractivity contribution in [1.29, 1.82) is 0 Å². The van der Waals surface area contributed by atoms with E-state index in [0.717, 1.165) is 5.56 Å². The summed E-state index contributed by atoms with van der Waals surface area (Å²) in [6.07, 6.45) is 1.80. The molecule has 0 aromatic heterocycles. The van der Waals surface area contributed by atoms with Gasteiger partial charge in [-0.05, 0) is 12.5 Å². The molecule has 86 valence electrons. The summed E-state index contributed by atoms with van der Waals surface area (Å²) < 4.78 is 5.02. The zero-order valence-electron chi connectivity index (χ0n) is 9.85. The molecule has 0 heterocycles. The van der Waals surface area contributed by atoms with Crippen molar-refractivity contribution >= 4 is 5.97 Å². The van der Waals surface area contributed by atoms with Gasteiger partial charge in [0, 0.05) is 5.92 Å². The van der Waals surface area contributed by atoms with Crippen molar-refractivity contribution in [2.45, 2.75) is 19.8 Å². The molecule has 0 saturated heterocycles. The van der Waals surface area contributed by atoms with Crippen LogP contribution in [0.4, 0.5) is 0 Å². The summed E-state index contributed by atoms with van der Waals surface area (Å²) in [7, 11) is 0. The molecule has 0 aliphatic carbocycles. The lowest BCUT2D eigenvalue weighted by molar-refractivity contribution is -0.147. The van der Waals surface area contributed by atoms with Crippen molar-refractivity contribution in [3.8, 4) is 0 Å². The maximum absolute atomic E-state index is 11.6. The number of esters is 1. The molecule has 1 rings (SSSR count). The lowest BCUT2D eigenvalue weighted by Crippen LogP contribution is -2.20. The highest BCUT2D eigenvalue weighted by Gasteiger charge is 2.23. The van der Waals surface area contributed by atoms with Gasteiger partial charge in [-0.2, -0.15) is 0 Å². The summed E-state index contributed by atoms with van der Waals surface area (Å²) in [5.41, 5.74) is 1.10. The SMILES string of the molecule is C=C[C@H](c1ccccc1)[C@@H](C)C(=O)OCC. The van der Waals surface area contributed by atoms with Crippen LogP contribution in [-0.4, -0.2) is 12.6 Å². The number of hydrogen-bond acceptors (Lipinski definition) is 2. The van der Waals surface area contributed by atoms with Crippen molar-refractivity contribution < 1.29 is 9.53 Å². The van der Waals surface area contributed by atoms with Crippen LogP contribution in [0.5, 0.6) is 0 Å². The fourth-order valence-corrected chi connectivity index (χ4v) is 1.72. The number of carbonyl (C=O) groups excluding carboxylic acids is 1. The summed E-state index contributed by atoms with van der Waals surface area (Å²) in [6.45, 7) is 7.90. The van der Waals surface area contributed by atoms with Gasteiger partial charge >= 0.3 is 5.97 Å². The number of rotatable bonds is 5. The second kappa shape index (κ2) is 6.11. The van der Waals surface area contributed by atoms with Gasteiger partial charge in [-0.1, -0.05) is 43.3 Å². The minimum absolute atomic E-state index is 0.0141. The fourth-order valence-electron chi connectivity index (χ4n) is 1.72. The molecule has 0 bridgehead atoms. The topological polar surface area (TPSA) is 26.3 Å². The first kappa shape index (κ1) is 12.5. The van der Waals surface area contributed by atoms with Crippen LogP contribution < -0.4 is 0 Å². The largest absolute Gasteiger partial charge is 0.466 e. The van der Waals surface area contributed by atoms with E-state index in [1.54, 1.807) is 6.08 Å². The molecule has 0 saturated carbocycles. The fraction of sp³-hybridized carbons (Fsp3) is 0.357. The van der Waals surface area contributed by atoms with E-state index in [1.807, 2.05) is 44.2 Å². The van der Waals surface area contributed by atoms with Crippen molar-refractivity contribution in [3.63, 3.8) is 0 Å². The van der Waals surface area contributed by atoms with Crippen LogP contribution in [-0.2, 0) is 9.53 Å². The summed E-state index contributed by atoms with van der Waals surface area (Å²) in [4.78, 5) is 11.6. The smallest absolute Gasteiger partial charge is 0.309 e. The number of benzene rings is 1. The molecule has 2 atom stereocenters. The average molecular weight is 218 g/mol. The molecule has 2 nitrogen and oxygen atoms in total. The van der Waals surface area contributed by atoms with E-state index in [1.165, 1.54) is 0 Å². The molecular weight excluding hydrogens is 200 g/mol. The molecule has 16 heavy (non-hydrogen) atoms. The van der Waals surface area contributed by atoms with Crippen LogP contribution in [0.3, 0.4) is 0 Å². The van der Waals surface area contributed by atoms with Crippen LogP contribution in [0.15, 0.2) is 43.0 Å². The molecule has 0 N–H and O–H groups in total. The van der Waals surface area contributed by atoms with Crippen LogP contribution >= 0.6 is 0 Å². The molecule has 0 radical (unpaired) electrons. The van der Waals surface area contributed by atoms with E-state index in [-0.39, 0.29) is 17.8 Å². The average Bonchev–Trinajstić information content (AvgIpc) is 2.31. The summed E-state index contributed by atoms with van der Waals surface area (Å²) in [5.74, 6) is -0.351. The monoisotopic (exact) mass is 218 g/mol. The molecule has 1 aromatic rings. The van der Waals surface area contributed by atoms with E-state index in [9.17, 15) is 4.79 Å². The molecule has 0 aliphatic heterocycles. The van der Waals surface area contributed by atoms with Crippen molar-refractivity contribution in [1.82, 2.24) is 0 Å². The standard InChI is InChI=1S/C14H18O2/c1-4-13(11(3)14(15)16-5-2)12-9-7-6-8-10-12/h4,6-11,13H,1,5H2,2-3H3/t11-,13+/m1/s1. The highest BCUT2D eigenvalue weighted by Crippen LogP contribution is 2.26. The van der Waals surface area contributed by atoms with Gasteiger partial charge in [0.05, 0.1) is 12.5 Å².